The Balaban J connectivity index is 1.36. The molecule has 3 heterocycles. The largest absolute Gasteiger partial charge is 0.497 e. The molecular weight excluding hydrogens is 396 g/mol. The second kappa shape index (κ2) is 7.42. The van der Waals surface area contributed by atoms with E-state index in [1.807, 2.05) is 60.7 Å². The molecule has 5 rings (SSSR count). The molecule has 0 aliphatic carbocycles. The Morgan fingerprint density at radius 2 is 1.90 bits per heavy atom. The number of amides is 2. The zero-order valence-corrected chi connectivity index (χ0v) is 17.4. The number of hydrogen-bond donors (Lipinski definition) is 1. The Morgan fingerprint density at radius 3 is 2.68 bits per heavy atom. The van der Waals surface area contributed by atoms with E-state index in [4.69, 9.17) is 14.2 Å². The van der Waals surface area contributed by atoms with Crippen LogP contribution < -0.4 is 19.7 Å². The minimum Gasteiger partial charge on any atom is -0.497 e. The maximum Gasteiger partial charge on any atom is 0.234 e. The fourth-order valence-corrected chi connectivity index (χ4v) is 4.88. The summed E-state index contributed by atoms with van der Waals surface area (Å²) in [5.74, 6) is 0.0363. The van der Waals surface area contributed by atoms with Crippen LogP contribution in [0.3, 0.4) is 0 Å². The van der Waals surface area contributed by atoms with Crippen molar-refractivity contribution in [1.29, 1.82) is 0 Å². The molecule has 0 aromatic heterocycles. The summed E-state index contributed by atoms with van der Waals surface area (Å²) in [6, 6.07) is 14.9. The normalized spacial score (nSPS) is 28.0. The van der Waals surface area contributed by atoms with Gasteiger partial charge < -0.3 is 24.4 Å². The van der Waals surface area contributed by atoms with Gasteiger partial charge in [-0.3, -0.25) is 9.59 Å². The Bertz CT molecular complexity index is 1070. The average molecular weight is 420 g/mol. The first kappa shape index (κ1) is 19.6. The van der Waals surface area contributed by atoms with Crippen LogP contribution in [0.4, 0.5) is 5.69 Å². The molecule has 2 fully saturated rings. The van der Waals surface area contributed by atoms with E-state index in [0.717, 1.165) is 17.0 Å². The third kappa shape index (κ3) is 3.16. The highest BCUT2D eigenvalue weighted by atomic mass is 16.5. The molecule has 1 spiro atoms. The van der Waals surface area contributed by atoms with E-state index in [1.165, 1.54) is 0 Å². The summed E-state index contributed by atoms with van der Waals surface area (Å²) in [6.45, 7) is 0.743. The van der Waals surface area contributed by atoms with Gasteiger partial charge in [-0.05, 0) is 29.8 Å². The summed E-state index contributed by atoms with van der Waals surface area (Å²) in [7, 11) is 3.20. The van der Waals surface area contributed by atoms with Crippen LogP contribution in [-0.2, 0) is 20.9 Å². The first-order valence-electron chi connectivity index (χ1n) is 10.3. The molecule has 0 unspecified atom stereocenters. The number of benzene rings is 2. The molecule has 4 atom stereocenters. The summed E-state index contributed by atoms with van der Waals surface area (Å²) in [5, 5.41) is 2.98. The molecule has 2 aromatic carbocycles. The number of nitrogens with one attached hydrogen (secondary N) is 1. The summed E-state index contributed by atoms with van der Waals surface area (Å²) in [5.41, 5.74) is 0.907. The minimum absolute atomic E-state index is 0.0957. The first-order chi connectivity index (χ1) is 15.0. The summed E-state index contributed by atoms with van der Waals surface area (Å²) in [6.07, 6.45) is 3.48. The lowest BCUT2D eigenvalue weighted by atomic mass is 9.77. The molecule has 2 aromatic rings. The van der Waals surface area contributed by atoms with E-state index in [2.05, 4.69) is 5.32 Å². The van der Waals surface area contributed by atoms with Crippen LogP contribution in [0.15, 0.2) is 60.7 Å². The van der Waals surface area contributed by atoms with E-state index in [1.54, 1.807) is 19.1 Å². The number of carbonyl (C=O) groups excluding carboxylic acids is 2. The summed E-state index contributed by atoms with van der Waals surface area (Å²) >= 11 is 0. The number of nitrogens with zero attached hydrogens (tertiary/aromatic N) is 1. The highest BCUT2D eigenvalue weighted by Gasteiger charge is 2.67. The third-order valence-corrected chi connectivity index (χ3v) is 6.37. The second-order valence-electron chi connectivity index (χ2n) is 8.10. The monoisotopic (exact) mass is 420 g/mol. The van der Waals surface area contributed by atoms with Crippen LogP contribution in [0.2, 0.25) is 0 Å². The van der Waals surface area contributed by atoms with Crippen molar-refractivity contribution >= 4 is 17.5 Å². The van der Waals surface area contributed by atoms with Crippen molar-refractivity contribution in [3.8, 4) is 11.5 Å². The first-order valence-corrected chi connectivity index (χ1v) is 10.3. The molecule has 3 aliphatic heterocycles. The van der Waals surface area contributed by atoms with Gasteiger partial charge in [0.15, 0.2) is 0 Å². The lowest BCUT2D eigenvalue weighted by Gasteiger charge is -2.23. The molecule has 0 radical (unpaired) electrons. The highest BCUT2D eigenvalue weighted by molar-refractivity contribution is 6.03. The average Bonchev–Trinajstić information content (AvgIpc) is 3.46. The van der Waals surface area contributed by atoms with Gasteiger partial charge in [0, 0.05) is 18.3 Å². The molecule has 2 saturated heterocycles. The van der Waals surface area contributed by atoms with Gasteiger partial charge in [-0.2, -0.15) is 0 Å². The molecule has 0 saturated carbocycles. The highest BCUT2D eigenvalue weighted by Crippen LogP contribution is 2.52. The van der Waals surface area contributed by atoms with E-state index >= 15 is 0 Å². The van der Waals surface area contributed by atoms with Gasteiger partial charge in [0.05, 0.1) is 38.7 Å². The van der Waals surface area contributed by atoms with E-state index in [-0.39, 0.29) is 17.9 Å². The number of ether oxygens (including phenoxy) is 3. The maximum absolute atomic E-state index is 13.4. The Labute approximate surface area is 180 Å². The third-order valence-electron chi connectivity index (χ3n) is 6.37. The number of methoxy groups -OCH3 is 2. The Hall–Kier alpha value is -3.32. The molecular formula is C24H24N2O5. The quantitative estimate of drug-likeness (QED) is 0.726. The predicted octanol–water partition coefficient (Wildman–Crippen LogP) is 2.31. The van der Waals surface area contributed by atoms with Crippen molar-refractivity contribution in [2.24, 2.45) is 11.8 Å². The predicted molar refractivity (Wildman–Crippen MR) is 114 cm³/mol. The molecule has 1 N–H and O–H groups in total. The lowest BCUT2D eigenvalue weighted by molar-refractivity contribution is -0.132. The van der Waals surface area contributed by atoms with Crippen LogP contribution in [0.25, 0.3) is 0 Å². The zero-order chi connectivity index (χ0) is 21.6. The van der Waals surface area contributed by atoms with Crippen molar-refractivity contribution in [3.63, 3.8) is 0 Å². The van der Waals surface area contributed by atoms with Crippen molar-refractivity contribution in [3.05, 3.63) is 66.2 Å². The fourth-order valence-electron chi connectivity index (χ4n) is 4.88. The molecule has 160 valence electrons. The smallest absolute Gasteiger partial charge is 0.234 e. The van der Waals surface area contributed by atoms with Crippen LogP contribution in [-0.4, -0.2) is 44.3 Å². The molecule has 7 nitrogen and oxygen atoms in total. The minimum atomic E-state index is -0.761. The Kier molecular flexibility index (Phi) is 4.70. The van der Waals surface area contributed by atoms with Crippen LogP contribution in [0.1, 0.15) is 5.56 Å². The topological polar surface area (TPSA) is 77.1 Å². The van der Waals surface area contributed by atoms with E-state index in [0.29, 0.717) is 18.8 Å². The Morgan fingerprint density at radius 1 is 1.16 bits per heavy atom. The number of rotatable bonds is 6. The van der Waals surface area contributed by atoms with Gasteiger partial charge in [0.1, 0.15) is 17.1 Å². The molecule has 7 heteroatoms. The SMILES string of the molecule is COc1cccc(CNC(=O)[C@H]2[C@H]3C(=O)N(c4cccc(OC)c4)C[C@]34C=C[C@H]2O4)c1. The molecule has 2 amide bonds. The van der Waals surface area contributed by atoms with E-state index < -0.39 is 17.4 Å². The number of carbonyl (C=O) groups is 2. The number of fused-ring (bicyclic) bond motifs is 1. The zero-order valence-electron chi connectivity index (χ0n) is 17.4. The van der Waals surface area contributed by atoms with Crippen molar-refractivity contribution in [1.82, 2.24) is 5.32 Å². The van der Waals surface area contributed by atoms with Gasteiger partial charge in [-0.1, -0.05) is 30.4 Å². The van der Waals surface area contributed by atoms with Gasteiger partial charge in [-0.25, -0.2) is 0 Å². The van der Waals surface area contributed by atoms with Gasteiger partial charge in [0.2, 0.25) is 11.8 Å². The van der Waals surface area contributed by atoms with Gasteiger partial charge in [0.25, 0.3) is 0 Å². The fraction of sp³-hybridized carbons (Fsp3) is 0.333. The molecule has 3 aliphatic rings. The lowest BCUT2D eigenvalue weighted by Crippen LogP contribution is -2.43. The van der Waals surface area contributed by atoms with Crippen molar-refractivity contribution in [2.75, 3.05) is 25.7 Å². The second-order valence-corrected chi connectivity index (χ2v) is 8.10. The van der Waals surface area contributed by atoms with Gasteiger partial charge in [-0.15, -0.1) is 0 Å². The summed E-state index contributed by atoms with van der Waals surface area (Å²) < 4.78 is 16.7. The molecule has 2 bridgehead atoms. The van der Waals surface area contributed by atoms with Crippen LogP contribution in [0.5, 0.6) is 11.5 Å². The summed E-state index contributed by atoms with van der Waals surface area (Å²) in [4.78, 5) is 28.3. The standard InChI is InChI=1S/C24H24N2O5/c1-29-17-7-3-5-15(11-17)13-25-22(27)20-19-9-10-24(31-19)14-26(23(28)21(20)24)16-6-4-8-18(12-16)30-2/h3-12,19-21H,13-14H2,1-2H3,(H,25,27)/t19-,20-,21+,24-/m1/s1. The maximum atomic E-state index is 13.4. The van der Waals surface area contributed by atoms with E-state index in [9.17, 15) is 9.59 Å². The van der Waals surface area contributed by atoms with Crippen molar-refractivity contribution < 1.29 is 23.8 Å². The van der Waals surface area contributed by atoms with Crippen LogP contribution >= 0.6 is 0 Å². The number of hydrogen-bond acceptors (Lipinski definition) is 5. The van der Waals surface area contributed by atoms with Crippen LogP contribution in [0, 0.1) is 11.8 Å². The number of anilines is 1. The van der Waals surface area contributed by atoms with Crippen molar-refractivity contribution in [2.45, 2.75) is 18.2 Å². The molecule has 31 heavy (non-hydrogen) atoms. The van der Waals surface area contributed by atoms with Gasteiger partial charge >= 0.3 is 0 Å².